The van der Waals surface area contributed by atoms with Crippen molar-refractivity contribution in [1.29, 1.82) is 0 Å². The van der Waals surface area contributed by atoms with Gasteiger partial charge in [0, 0.05) is 17.1 Å². The molecule has 0 aromatic heterocycles. The van der Waals surface area contributed by atoms with E-state index in [1.54, 1.807) is 30.3 Å². The molecule has 0 saturated heterocycles. The summed E-state index contributed by atoms with van der Waals surface area (Å²) in [4.78, 5) is 27.5. The number of halogens is 2. The molecule has 168 valence electrons. The molecule has 5 nitrogen and oxygen atoms in total. The predicted molar refractivity (Wildman–Crippen MR) is 121 cm³/mol. The average molecular weight is 449 g/mol. The molecule has 2 rings (SSSR count). The lowest BCUT2D eigenvalue weighted by molar-refractivity contribution is -0.143. The van der Waals surface area contributed by atoms with Crippen molar-refractivity contribution in [3.05, 3.63) is 64.4 Å². The summed E-state index contributed by atoms with van der Waals surface area (Å²) in [6.07, 6.45) is 0.425. The van der Waals surface area contributed by atoms with E-state index < -0.39 is 11.6 Å². The Hall–Kier alpha value is -2.60. The normalized spacial score (nSPS) is 12.2. The smallest absolute Gasteiger partial charge is 0.261 e. The van der Waals surface area contributed by atoms with Gasteiger partial charge in [0.15, 0.2) is 6.61 Å². The Bertz CT molecular complexity index is 910. The average Bonchev–Trinajstić information content (AvgIpc) is 2.68. The SMILES string of the molecule is CC[C@H](C(=O)NC(C)(C)C)N(Cc1ccc(F)cc1)C(=O)COc1ccc(Cl)c(C)c1. The van der Waals surface area contributed by atoms with E-state index in [9.17, 15) is 14.0 Å². The minimum Gasteiger partial charge on any atom is -0.484 e. The van der Waals surface area contributed by atoms with Crippen molar-refractivity contribution in [3.8, 4) is 5.75 Å². The third kappa shape index (κ3) is 7.55. The Labute approximate surface area is 188 Å². The summed E-state index contributed by atoms with van der Waals surface area (Å²) in [7, 11) is 0. The van der Waals surface area contributed by atoms with Crippen LogP contribution in [0, 0.1) is 12.7 Å². The van der Waals surface area contributed by atoms with Crippen LogP contribution in [-0.4, -0.2) is 34.9 Å². The molecule has 0 saturated carbocycles. The number of carbonyl (C=O) groups excluding carboxylic acids is 2. The van der Waals surface area contributed by atoms with Gasteiger partial charge in [-0.05, 0) is 75.6 Å². The van der Waals surface area contributed by atoms with Crippen molar-refractivity contribution >= 4 is 23.4 Å². The molecule has 7 heteroatoms. The van der Waals surface area contributed by atoms with Crippen LogP contribution in [-0.2, 0) is 16.1 Å². The molecule has 2 amide bonds. The van der Waals surface area contributed by atoms with E-state index in [4.69, 9.17) is 16.3 Å². The van der Waals surface area contributed by atoms with Gasteiger partial charge in [0.2, 0.25) is 5.91 Å². The monoisotopic (exact) mass is 448 g/mol. The fraction of sp³-hybridized carbons (Fsp3) is 0.417. The molecule has 0 bridgehead atoms. The Morgan fingerprint density at radius 3 is 2.35 bits per heavy atom. The van der Waals surface area contributed by atoms with Crippen LogP contribution < -0.4 is 10.1 Å². The Morgan fingerprint density at radius 2 is 1.81 bits per heavy atom. The van der Waals surface area contributed by atoms with Gasteiger partial charge in [-0.25, -0.2) is 4.39 Å². The van der Waals surface area contributed by atoms with Crippen LogP contribution in [0.2, 0.25) is 5.02 Å². The molecule has 0 aliphatic heterocycles. The Balaban J connectivity index is 2.23. The quantitative estimate of drug-likeness (QED) is 0.625. The molecule has 1 N–H and O–H groups in total. The third-order valence-electron chi connectivity index (χ3n) is 4.64. The van der Waals surface area contributed by atoms with Gasteiger partial charge in [0.1, 0.15) is 17.6 Å². The van der Waals surface area contributed by atoms with Crippen LogP contribution in [0.15, 0.2) is 42.5 Å². The highest BCUT2D eigenvalue weighted by molar-refractivity contribution is 6.31. The molecule has 31 heavy (non-hydrogen) atoms. The van der Waals surface area contributed by atoms with Crippen molar-refractivity contribution in [2.24, 2.45) is 0 Å². The van der Waals surface area contributed by atoms with Crippen molar-refractivity contribution < 1.29 is 18.7 Å². The lowest BCUT2D eigenvalue weighted by atomic mass is 10.1. The molecule has 0 unspecified atom stereocenters. The van der Waals surface area contributed by atoms with Gasteiger partial charge in [0.25, 0.3) is 5.91 Å². The van der Waals surface area contributed by atoms with Crippen LogP contribution in [0.25, 0.3) is 0 Å². The van der Waals surface area contributed by atoms with Gasteiger partial charge in [-0.2, -0.15) is 0 Å². The van der Waals surface area contributed by atoms with Crippen molar-refractivity contribution in [2.75, 3.05) is 6.61 Å². The number of carbonyl (C=O) groups is 2. The number of hydrogen-bond donors (Lipinski definition) is 1. The molecular formula is C24H30ClFN2O3. The lowest BCUT2D eigenvalue weighted by Crippen LogP contribution is -2.54. The second-order valence-corrected chi connectivity index (χ2v) is 8.92. The van der Waals surface area contributed by atoms with E-state index in [0.29, 0.717) is 17.2 Å². The maximum absolute atomic E-state index is 13.3. The minimum atomic E-state index is -0.688. The number of nitrogens with one attached hydrogen (secondary N) is 1. The fourth-order valence-corrected chi connectivity index (χ4v) is 3.21. The molecular weight excluding hydrogens is 419 g/mol. The highest BCUT2D eigenvalue weighted by Gasteiger charge is 2.30. The predicted octanol–water partition coefficient (Wildman–Crippen LogP) is 4.89. The number of rotatable bonds is 8. The summed E-state index contributed by atoms with van der Waals surface area (Å²) < 4.78 is 19.0. The molecule has 0 fully saturated rings. The molecule has 0 spiro atoms. The van der Waals surface area contributed by atoms with Gasteiger partial charge < -0.3 is 15.0 Å². The molecule has 1 atom stereocenters. The van der Waals surface area contributed by atoms with Gasteiger partial charge >= 0.3 is 0 Å². The van der Waals surface area contributed by atoms with E-state index in [1.165, 1.54) is 17.0 Å². The summed E-state index contributed by atoms with van der Waals surface area (Å²) in [5.74, 6) is -0.426. The zero-order valence-electron chi connectivity index (χ0n) is 18.7. The number of benzene rings is 2. The topological polar surface area (TPSA) is 58.6 Å². The van der Waals surface area contributed by atoms with Gasteiger partial charge in [0.05, 0.1) is 0 Å². The zero-order chi connectivity index (χ0) is 23.2. The van der Waals surface area contributed by atoms with Gasteiger partial charge in [-0.3, -0.25) is 9.59 Å². The lowest BCUT2D eigenvalue weighted by Gasteiger charge is -2.33. The van der Waals surface area contributed by atoms with E-state index in [1.807, 2.05) is 34.6 Å². The summed E-state index contributed by atoms with van der Waals surface area (Å²) in [5, 5.41) is 3.55. The van der Waals surface area contributed by atoms with E-state index in [-0.39, 0.29) is 30.8 Å². The van der Waals surface area contributed by atoms with Crippen LogP contribution in [0.5, 0.6) is 5.75 Å². The summed E-state index contributed by atoms with van der Waals surface area (Å²) in [5.41, 5.74) is 1.12. The van der Waals surface area contributed by atoms with Crippen LogP contribution in [0.1, 0.15) is 45.2 Å². The summed E-state index contributed by atoms with van der Waals surface area (Å²) >= 11 is 6.04. The zero-order valence-corrected chi connectivity index (χ0v) is 19.4. The molecule has 0 aliphatic rings. The van der Waals surface area contributed by atoms with E-state index in [2.05, 4.69) is 5.32 Å². The molecule has 2 aromatic rings. The second kappa shape index (κ2) is 10.6. The number of aryl methyl sites for hydroxylation is 1. The second-order valence-electron chi connectivity index (χ2n) is 8.51. The highest BCUT2D eigenvalue weighted by atomic mass is 35.5. The largest absolute Gasteiger partial charge is 0.484 e. The summed E-state index contributed by atoms with van der Waals surface area (Å²) in [6.45, 7) is 9.28. The molecule has 0 aliphatic carbocycles. The molecule has 2 aromatic carbocycles. The third-order valence-corrected chi connectivity index (χ3v) is 5.07. The van der Waals surface area contributed by atoms with E-state index in [0.717, 1.165) is 11.1 Å². The van der Waals surface area contributed by atoms with Crippen molar-refractivity contribution in [3.63, 3.8) is 0 Å². The number of hydrogen-bond acceptors (Lipinski definition) is 3. The Kier molecular flexibility index (Phi) is 8.45. The fourth-order valence-electron chi connectivity index (χ4n) is 3.09. The van der Waals surface area contributed by atoms with Gasteiger partial charge in [-0.1, -0.05) is 30.7 Å². The molecule has 0 radical (unpaired) electrons. The maximum atomic E-state index is 13.3. The summed E-state index contributed by atoms with van der Waals surface area (Å²) in [6, 6.07) is 10.3. The van der Waals surface area contributed by atoms with Crippen LogP contribution >= 0.6 is 11.6 Å². The van der Waals surface area contributed by atoms with Crippen LogP contribution in [0.3, 0.4) is 0 Å². The number of amides is 2. The standard InChI is InChI=1S/C24H30ClFN2O3/c1-6-21(23(30)27-24(3,4)5)28(14-17-7-9-18(26)10-8-17)22(29)15-31-19-11-12-20(25)16(2)13-19/h7-13,21H,6,14-15H2,1-5H3,(H,27,30)/t21-/m1/s1. The minimum absolute atomic E-state index is 0.165. The van der Waals surface area contributed by atoms with Crippen molar-refractivity contribution in [1.82, 2.24) is 10.2 Å². The maximum Gasteiger partial charge on any atom is 0.261 e. The molecule has 0 heterocycles. The number of ether oxygens (including phenoxy) is 1. The highest BCUT2D eigenvalue weighted by Crippen LogP contribution is 2.21. The van der Waals surface area contributed by atoms with Gasteiger partial charge in [-0.15, -0.1) is 0 Å². The van der Waals surface area contributed by atoms with E-state index >= 15 is 0 Å². The first-order valence-corrected chi connectivity index (χ1v) is 10.6. The Morgan fingerprint density at radius 1 is 1.16 bits per heavy atom. The first kappa shape index (κ1) is 24.7. The number of nitrogens with zero attached hydrogens (tertiary/aromatic N) is 1. The first-order chi connectivity index (χ1) is 14.5. The van der Waals surface area contributed by atoms with Crippen molar-refractivity contribution in [2.45, 2.75) is 59.2 Å². The van der Waals surface area contributed by atoms with Crippen LogP contribution in [0.4, 0.5) is 4.39 Å². The first-order valence-electron chi connectivity index (χ1n) is 10.2.